The predicted molar refractivity (Wildman–Crippen MR) is 36.3 cm³/mol. The maximum atomic E-state index is 10.3. The molecule has 0 aliphatic carbocycles. The molecule has 0 aromatic heterocycles. The lowest BCUT2D eigenvalue weighted by molar-refractivity contribution is 0.195. The molecule has 0 radical (unpaired) electrons. The van der Waals surface area contributed by atoms with Gasteiger partial charge in [0.25, 0.3) is 10.1 Å². The van der Waals surface area contributed by atoms with Crippen LogP contribution in [0.4, 0.5) is 0 Å². The topological polar surface area (TPSA) is 89.6 Å². The van der Waals surface area contributed by atoms with E-state index in [1.807, 2.05) is 0 Å². The van der Waals surface area contributed by atoms with Crippen molar-refractivity contribution in [2.24, 2.45) is 5.73 Å². The van der Waals surface area contributed by atoms with E-state index in [1.165, 1.54) is 7.11 Å². The van der Waals surface area contributed by atoms with Crippen molar-refractivity contribution >= 4 is 10.1 Å². The molecule has 0 aliphatic heterocycles. The number of hydrogen-bond acceptors (Lipinski definition) is 4. The van der Waals surface area contributed by atoms with Crippen molar-refractivity contribution in [1.29, 1.82) is 0 Å². The van der Waals surface area contributed by atoms with Gasteiger partial charge in [0.1, 0.15) is 5.25 Å². The third kappa shape index (κ3) is 3.11. The van der Waals surface area contributed by atoms with E-state index in [4.69, 9.17) is 10.3 Å². The lowest BCUT2D eigenvalue weighted by Gasteiger charge is -2.08. The van der Waals surface area contributed by atoms with Crippen molar-refractivity contribution in [3.05, 3.63) is 0 Å². The van der Waals surface area contributed by atoms with Gasteiger partial charge in [0, 0.05) is 13.7 Å². The third-order valence-corrected chi connectivity index (χ3v) is 2.21. The molecule has 3 N–H and O–H groups in total. The SMILES string of the molecule is COCC(CN)S(=O)(=O)O. The van der Waals surface area contributed by atoms with Gasteiger partial charge < -0.3 is 10.5 Å². The Labute approximate surface area is 59.9 Å². The highest BCUT2D eigenvalue weighted by molar-refractivity contribution is 7.86. The van der Waals surface area contributed by atoms with E-state index in [0.717, 1.165) is 0 Å². The summed E-state index contributed by atoms with van der Waals surface area (Å²) >= 11 is 0. The molecule has 0 bridgehead atoms. The molecule has 62 valence electrons. The molecule has 0 saturated carbocycles. The van der Waals surface area contributed by atoms with E-state index >= 15 is 0 Å². The summed E-state index contributed by atoms with van der Waals surface area (Å²) in [6.07, 6.45) is 0. The Morgan fingerprint density at radius 1 is 1.70 bits per heavy atom. The summed E-state index contributed by atoms with van der Waals surface area (Å²) < 4.78 is 33.6. The zero-order valence-corrected chi connectivity index (χ0v) is 6.47. The molecule has 0 aliphatic rings. The Morgan fingerprint density at radius 3 is 2.30 bits per heavy atom. The molecule has 0 aromatic rings. The first-order valence-electron chi connectivity index (χ1n) is 2.67. The summed E-state index contributed by atoms with van der Waals surface area (Å²) in [6.45, 7) is -0.206. The van der Waals surface area contributed by atoms with E-state index in [2.05, 4.69) is 4.74 Å². The minimum atomic E-state index is -4.03. The molecule has 0 rings (SSSR count). The van der Waals surface area contributed by atoms with Gasteiger partial charge in [0.05, 0.1) is 6.61 Å². The molecule has 10 heavy (non-hydrogen) atoms. The van der Waals surface area contributed by atoms with Gasteiger partial charge in [-0.05, 0) is 0 Å². The number of hydrogen-bond donors (Lipinski definition) is 2. The fourth-order valence-corrected chi connectivity index (χ4v) is 1.01. The summed E-state index contributed by atoms with van der Waals surface area (Å²) in [7, 11) is -2.69. The molecule has 0 heterocycles. The lowest BCUT2D eigenvalue weighted by Crippen LogP contribution is -2.33. The molecule has 0 saturated heterocycles. The first-order valence-corrected chi connectivity index (χ1v) is 4.18. The fourth-order valence-electron chi connectivity index (χ4n) is 0.462. The van der Waals surface area contributed by atoms with Crippen molar-refractivity contribution in [1.82, 2.24) is 0 Å². The van der Waals surface area contributed by atoms with Crippen LogP contribution in [0.2, 0.25) is 0 Å². The Morgan fingerprint density at radius 2 is 2.20 bits per heavy atom. The smallest absolute Gasteiger partial charge is 0.271 e. The van der Waals surface area contributed by atoms with Gasteiger partial charge in [-0.1, -0.05) is 0 Å². The summed E-state index contributed by atoms with van der Waals surface area (Å²) in [5.74, 6) is 0. The first kappa shape index (κ1) is 9.83. The van der Waals surface area contributed by atoms with Crippen molar-refractivity contribution in [2.75, 3.05) is 20.3 Å². The number of rotatable bonds is 4. The van der Waals surface area contributed by atoms with Crippen LogP contribution < -0.4 is 5.73 Å². The summed E-state index contributed by atoms with van der Waals surface area (Å²) in [4.78, 5) is 0. The highest BCUT2D eigenvalue weighted by atomic mass is 32.2. The van der Waals surface area contributed by atoms with Crippen molar-refractivity contribution in [3.63, 3.8) is 0 Å². The Kier molecular flexibility index (Phi) is 3.80. The maximum Gasteiger partial charge on any atom is 0.271 e. The number of nitrogens with two attached hydrogens (primary N) is 1. The molecule has 0 amide bonds. The average molecular weight is 169 g/mol. The summed E-state index contributed by atoms with van der Waals surface area (Å²) in [6, 6.07) is 0. The third-order valence-electron chi connectivity index (χ3n) is 1.04. The lowest BCUT2D eigenvalue weighted by atomic mass is 10.4. The Balaban J connectivity index is 4.08. The molecule has 6 heteroatoms. The minimum absolute atomic E-state index is 0.0741. The van der Waals surface area contributed by atoms with Crippen molar-refractivity contribution in [2.45, 2.75) is 5.25 Å². The van der Waals surface area contributed by atoms with Crippen molar-refractivity contribution < 1.29 is 17.7 Å². The normalized spacial score (nSPS) is 15.1. The molecule has 0 aromatic carbocycles. The largest absolute Gasteiger partial charge is 0.383 e. The van der Waals surface area contributed by atoms with E-state index in [9.17, 15) is 8.42 Å². The highest BCUT2D eigenvalue weighted by Crippen LogP contribution is 1.95. The molecule has 0 fully saturated rings. The zero-order valence-electron chi connectivity index (χ0n) is 5.65. The minimum Gasteiger partial charge on any atom is -0.383 e. The van der Waals surface area contributed by atoms with Crippen LogP contribution in [-0.2, 0) is 14.9 Å². The van der Waals surface area contributed by atoms with Gasteiger partial charge >= 0.3 is 0 Å². The van der Waals surface area contributed by atoms with Gasteiger partial charge in [-0.2, -0.15) is 8.42 Å². The second-order valence-corrected chi connectivity index (χ2v) is 3.52. The first-order chi connectivity index (χ1) is 4.52. The van der Waals surface area contributed by atoms with Crippen LogP contribution in [0.25, 0.3) is 0 Å². The molecule has 5 nitrogen and oxygen atoms in total. The molecule has 0 spiro atoms. The molecular formula is C4H11NO4S. The van der Waals surface area contributed by atoms with E-state index in [-0.39, 0.29) is 13.2 Å². The molecule has 1 unspecified atom stereocenters. The van der Waals surface area contributed by atoms with Gasteiger partial charge in [0.15, 0.2) is 0 Å². The van der Waals surface area contributed by atoms with Gasteiger partial charge in [-0.25, -0.2) is 0 Å². The van der Waals surface area contributed by atoms with E-state index in [1.54, 1.807) is 0 Å². The predicted octanol–water partition coefficient (Wildman–Crippen LogP) is -1.15. The summed E-state index contributed by atoms with van der Waals surface area (Å²) in [5, 5.41) is -1.00. The average Bonchev–Trinajstić information content (AvgIpc) is 1.80. The van der Waals surface area contributed by atoms with Gasteiger partial charge in [-0.15, -0.1) is 0 Å². The van der Waals surface area contributed by atoms with Crippen LogP contribution >= 0.6 is 0 Å². The monoisotopic (exact) mass is 169 g/mol. The van der Waals surface area contributed by atoms with Crippen molar-refractivity contribution in [3.8, 4) is 0 Å². The highest BCUT2D eigenvalue weighted by Gasteiger charge is 2.20. The van der Waals surface area contributed by atoms with Crippen LogP contribution in [0, 0.1) is 0 Å². The number of methoxy groups -OCH3 is 1. The maximum absolute atomic E-state index is 10.3. The fraction of sp³-hybridized carbons (Fsp3) is 1.00. The van der Waals surface area contributed by atoms with Crippen LogP contribution in [0.1, 0.15) is 0 Å². The zero-order chi connectivity index (χ0) is 8.20. The van der Waals surface area contributed by atoms with Gasteiger partial charge in [-0.3, -0.25) is 4.55 Å². The summed E-state index contributed by atoms with van der Waals surface area (Å²) in [5.41, 5.74) is 5.03. The molecule has 1 atom stereocenters. The second-order valence-electron chi connectivity index (χ2n) is 1.83. The van der Waals surface area contributed by atoms with Crippen LogP contribution in [-0.4, -0.2) is 38.5 Å². The Bertz CT molecular complexity index is 176. The quantitative estimate of drug-likeness (QED) is 0.518. The van der Waals surface area contributed by atoms with E-state index < -0.39 is 15.4 Å². The van der Waals surface area contributed by atoms with Crippen LogP contribution in [0.3, 0.4) is 0 Å². The Hall–Kier alpha value is -0.170. The second kappa shape index (κ2) is 3.87. The van der Waals surface area contributed by atoms with E-state index in [0.29, 0.717) is 0 Å². The van der Waals surface area contributed by atoms with Crippen LogP contribution in [0.5, 0.6) is 0 Å². The van der Waals surface area contributed by atoms with Crippen LogP contribution in [0.15, 0.2) is 0 Å². The standard InChI is InChI=1S/C4H11NO4S/c1-9-3-4(2-5)10(6,7)8/h4H,2-3,5H2,1H3,(H,6,7,8). The molecular weight excluding hydrogens is 158 g/mol. The number of ether oxygens (including phenoxy) is 1. The van der Waals surface area contributed by atoms with Gasteiger partial charge in [0.2, 0.25) is 0 Å².